The lowest BCUT2D eigenvalue weighted by Crippen LogP contribution is -2.23. The van der Waals surface area contributed by atoms with Crippen LogP contribution < -0.4 is 15.5 Å². The van der Waals surface area contributed by atoms with Crippen molar-refractivity contribution in [2.75, 3.05) is 5.32 Å². The number of hydrazone groups is 1. The molecular weight excluding hydrogens is 477 g/mol. The van der Waals surface area contributed by atoms with E-state index in [0.29, 0.717) is 16.6 Å². The van der Waals surface area contributed by atoms with Gasteiger partial charge < -0.3 is 10.1 Å². The summed E-state index contributed by atoms with van der Waals surface area (Å²) in [6.45, 7) is 2.01. The zero-order chi connectivity index (χ0) is 24.8. The van der Waals surface area contributed by atoms with Gasteiger partial charge in [-0.05, 0) is 61.1 Å². The first-order valence-electron chi connectivity index (χ1n) is 10.3. The number of thiocarbonyl (C=S) groups is 1. The molecule has 3 aromatic carbocycles. The third-order valence-corrected chi connectivity index (χ3v) is 4.88. The Bertz CT molecular complexity index is 1320. The van der Waals surface area contributed by atoms with Gasteiger partial charge in [0, 0.05) is 11.3 Å². The van der Waals surface area contributed by atoms with Crippen molar-refractivity contribution >= 4 is 29.2 Å². The highest BCUT2D eigenvalue weighted by molar-refractivity contribution is 7.80. The highest BCUT2D eigenvalue weighted by atomic mass is 32.1. The van der Waals surface area contributed by atoms with Gasteiger partial charge in [-0.1, -0.05) is 42.0 Å². The van der Waals surface area contributed by atoms with Crippen molar-refractivity contribution in [3.8, 4) is 22.8 Å². The first kappa shape index (κ1) is 23.9. The molecular formula is C24H19F3N6OS. The molecule has 178 valence electrons. The Morgan fingerprint density at radius 1 is 1.00 bits per heavy atom. The van der Waals surface area contributed by atoms with Crippen LogP contribution in [0.4, 0.5) is 18.9 Å². The molecule has 0 spiro atoms. The fourth-order valence-corrected chi connectivity index (χ4v) is 3.17. The number of aromatic nitrogens is 3. The fourth-order valence-electron chi connectivity index (χ4n) is 3.00. The van der Waals surface area contributed by atoms with E-state index in [-0.39, 0.29) is 5.75 Å². The Hall–Kier alpha value is -4.25. The minimum absolute atomic E-state index is 0.306. The van der Waals surface area contributed by atoms with Crippen molar-refractivity contribution in [2.45, 2.75) is 13.3 Å². The summed E-state index contributed by atoms with van der Waals surface area (Å²) in [5.74, 6) is 0.158. The summed E-state index contributed by atoms with van der Waals surface area (Å²) < 4.78 is 42.3. The average Bonchev–Trinajstić information content (AvgIpc) is 3.31. The number of hydrogen-bond acceptors (Lipinski definition) is 5. The predicted molar refractivity (Wildman–Crippen MR) is 132 cm³/mol. The summed E-state index contributed by atoms with van der Waals surface area (Å²) in [6, 6.07) is 20.6. The van der Waals surface area contributed by atoms with Crippen molar-refractivity contribution in [3.63, 3.8) is 0 Å². The quantitative estimate of drug-likeness (QED) is 0.210. The number of alkyl halides is 3. The zero-order valence-corrected chi connectivity index (χ0v) is 19.1. The van der Waals surface area contributed by atoms with Gasteiger partial charge >= 0.3 is 6.36 Å². The van der Waals surface area contributed by atoms with E-state index in [9.17, 15) is 13.2 Å². The molecule has 11 heteroatoms. The summed E-state index contributed by atoms with van der Waals surface area (Å²) in [6.07, 6.45) is -1.63. The summed E-state index contributed by atoms with van der Waals surface area (Å²) >= 11 is 5.23. The number of anilines is 1. The van der Waals surface area contributed by atoms with E-state index in [0.717, 1.165) is 22.4 Å². The standard InChI is InChI=1S/C24H19F3N6OS/c1-16-2-8-19(9-3-16)30-23(35)31-29-14-17-4-6-18(7-5-17)22-28-15-33(32-22)20-10-12-21(13-11-20)34-24(25,26)27/h2-15H,1H3,(H2,30,31,35). The molecule has 0 aliphatic heterocycles. The topological polar surface area (TPSA) is 76.4 Å². The monoisotopic (exact) mass is 496 g/mol. The molecule has 0 radical (unpaired) electrons. The number of halogens is 3. The van der Waals surface area contributed by atoms with E-state index in [1.165, 1.54) is 35.3 Å². The van der Waals surface area contributed by atoms with Crippen LogP contribution >= 0.6 is 12.2 Å². The molecule has 0 aliphatic rings. The van der Waals surface area contributed by atoms with Crippen molar-refractivity contribution in [2.24, 2.45) is 5.10 Å². The SMILES string of the molecule is Cc1ccc(NC(=S)NN=Cc2ccc(-c3ncn(-c4ccc(OC(F)(F)F)cc4)n3)cc2)cc1. The molecule has 4 aromatic rings. The maximum atomic E-state index is 12.3. The summed E-state index contributed by atoms with van der Waals surface area (Å²) in [5.41, 5.74) is 6.94. The molecule has 4 rings (SSSR count). The van der Waals surface area contributed by atoms with Gasteiger partial charge in [0.15, 0.2) is 10.9 Å². The Balaban J connectivity index is 1.34. The number of aryl methyl sites for hydroxylation is 1. The van der Waals surface area contributed by atoms with Gasteiger partial charge in [0.05, 0.1) is 11.9 Å². The lowest BCUT2D eigenvalue weighted by molar-refractivity contribution is -0.274. The van der Waals surface area contributed by atoms with Crippen LogP contribution in [0, 0.1) is 6.92 Å². The molecule has 0 aliphatic carbocycles. The average molecular weight is 497 g/mol. The largest absolute Gasteiger partial charge is 0.573 e. The Morgan fingerprint density at radius 2 is 1.69 bits per heavy atom. The van der Waals surface area contributed by atoms with Crippen LogP contribution in [0.5, 0.6) is 5.75 Å². The van der Waals surface area contributed by atoms with Gasteiger partial charge in [-0.2, -0.15) is 5.10 Å². The zero-order valence-electron chi connectivity index (χ0n) is 18.3. The van der Waals surface area contributed by atoms with E-state index >= 15 is 0 Å². The predicted octanol–water partition coefficient (Wildman–Crippen LogP) is 5.46. The second-order valence-electron chi connectivity index (χ2n) is 7.37. The first-order chi connectivity index (χ1) is 16.7. The van der Waals surface area contributed by atoms with Crippen LogP contribution in [0.15, 0.2) is 84.2 Å². The lowest BCUT2D eigenvalue weighted by atomic mass is 10.1. The molecule has 0 saturated heterocycles. The van der Waals surface area contributed by atoms with Gasteiger partial charge in [0.2, 0.25) is 0 Å². The third-order valence-electron chi connectivity index (χ3n) is 4.68. The molecule has 0 fully saturated rings. The van der Waals surface area contributed by atoms with E-state index in [2.05, 4.69) is 30.7 Å². The van der Waals surface area contributed by atoms with Crippen LogP contribution in [0.2, 0.25) is 0 Å². The van der Waals surface area contributed by atoms with Crippen molar-refractivity contribution < 1.29 is 17.9 Å². The minimum Gasteiger partial charge on any atom is -0.406 e. The summed E-state index contributed by atoms with van der Waals surface area (Å²) in [7, 11) is 0. The highest BCUT2D eigenvalue weighted by Gasteiger charge is 2.31. The number of benzene rings is 3. The second kappa shape index (κ2) is 10.3. The van der Waals surface area contributed by atoms with Crippen LogP contribution in [0.1, 0.15) is 11.1 Å². The Morgan fingerprint density at radius 3 is 2.34 bits per heavy atom. The number of rotatable bonds is 6. The van der Waals surface area contributed by atoms with E-state index in [1.807, 2.05) is 55.5 Å². The third kappa shape index (κ3) is 6.87. The Kier molecular flexibility index (Phi) is 7.06. The van der Waals surface area contributed by atoms with Crippen LogP contribution in [-0.2, 0) is 0 Å². The van der Waals surface area contributed by atoms with Crippen molar-refractivity contribution in [1.29, 1.82) is 0 Å². The first-order valence-corrected chi connectivity index (χ1v) is 10.7. The van der Waals surface area contributed by atoms with Crippen LogP contribution in [0.3, 0.4) is 0 Å². The van der Waals surface area contributed by atoms with E-state index in [4.69, 9.17) is 12.2 Å². The fraction of sp³-hybridized carbons (Fsp3) is 0.0833. The summed E-state index contributed by atoms with van der Waals surface area (Å²) in [5, 5.41) is 11.9. The molecule has 1 heterocycles. The molecule has 35 heavy (non-hydrogen) atoms. The highest BCUT2D eigenvalue weighted by Crippen LogP contribution is 2.24. The minimum atomic E-state index is -4.74. The maximum Gasteiger partial charge on any atom is 0.573 e. The molecule has 0 bridgehead atoms. The Labute approximate surface area is 204 Å². The molecule has 0 saturated carbocycles. The summed E-state index contributed by atoms with van der Waals surface area (Å²) in [4.78, 5) is 4.27. The van der Waals surface area contributed by atoms with Crippen molar-refractivity contribution in [1.82, 2.24) is 20.2 Å². The van der Waals surface area contributed by atoms with Crippen LogP contribution in [-0.4, -0.2) is 32.5 Å². The molecule has 0 atom stereocenters. The molecule has 7 nitrogen and oxygen atoms in total. The smallest absolute Gasteiger partial charge is 0.406 e. The van der Waals surface area contributed by atoms with Crippen molar-refractivity contribution in [3.05, 3.63) is 90.3 Å². The molecule has 0 unspecified atom stereocenters. The normalized spacial score (nSPS) is 11.4. The van der Waals surface area contributed by atoms with Gasteiger partial charge in [-0.15, -0.1) is 18.3 Å². The molecule has 1 aromatic heterocycles. The second-order valence-corrected chi connectivity index (χ2v) is 7.77. The number of nitrogens with one attached hydrogen (secondary N) is 2. The van der Waals surface area contributed by atoms with E-state index < -0.39 is 6.36 Å². The van der Waals surface area contributed by atoms with Crippen LogP contribution in [0.25, 0.3) is 17.1 Å². The van der Waals surface area contributed by atoms with Gasteiger partial charge in [-0.25, -0.2) is 9.67 Å². The lowest BCUT2D eigenvalue weighted by Gasteiger charge is -2.09. The van der Waals surface area contributed by atoms with E-state index in [1.54, 1.807) is 6.21 Å². The molecule has 0 amide bonds. The number of hydrogen-bond donors (Lipinski definition) is 2. The van der Waals surface area contributed by atoms with Gasteiger partial charge in [0.1, 0.15) is 12.1 Å². The van der Waals surface area contributed by atoms with Gasteiger partial charge in [-0.3, -0.25) is 5.43 Å². The number of ether oxygens (including phenoxy) is 1. The van der Waals surface area contributed by atoms with Gasteiger partial charge in [0.25, 0.3) is 0 Å². The maximum absolute atomic E-state index is 12.3. The number of nitrogens with zero attached hydrogens (tertiary/aromatic N) is 4. The molecule has 2 N–H and O–H groups in total.